The number of guanidine groups is 1. The molecule has 2 heterocycles. The first-order chi connectivity index (χ1) is 12.2. The van der Waals surface area contributed by atoms with Crippen LogP contribution in [0.3, 0.4) is 0 Å². The summed E-state index contributed by atoms with van der Waals surface area (Å²) in [7, 11) is 0. The van der Waals surface area contributed by atoms with E-state index < -0.39 is 0 Å². The fraction of sp³-hybridized carbons (Fsp3) is 0.833. The van der Waals surface area contributed by atoms with Crippen LogP contribution in [-0.4, -0.2) is 65.9 Å². The van der Waals surface area contributed by atoms with Crippen molar-refractivity contribution in [2.75, 3.05) is 39.4 Å². The zero-order valence-electron chi connectivity index (χ0n) is 17.5. The van der Waals surface area contributed by atoms with Crippen LogP contribution in [0.2, 0.25) is 0 Å². The van der Waals surface area contributed by atoms with Gasteiger partial charge in [0.2, 0.25) is 5.89 Å². The molecule has 1 aromatic rings. The van der Waals surface area contributed by atoms with E-state index >= 15 is 0 Å². The highest BCUT2D eigenvalue weighted by molar-refractivity contribution is 14.0. The zero-order chi connectivity index (χ0) is 19.2. The second-order valence-corrected chi connectivity index (χ2v) is 8.23. The van der Waals surface area contributed by atoms with Crippen molar-refractivity contribution in [1.82, 2.24) is 25.7 Å². The molecule has 2 N–H and O–H groups in total. The molecule has 0 aliphatic carbocycles. The first-order valence-electron chi connectivity index (χ1n) is 9.40. The molecule has 1 aliphatic rings. The van der Waals surface area contributed by atoms with Crippen molar-refractivity contribution in [1.29, 1.82) is 0 Å². The molecule has 8 nitrogen and oxygen atoms in total. The quantitative estimate of drug-likeness (QED) is 0.356. The van der Waals surface area contributed by atoms with Gasteiger partial charge in [0.15, 0.2) is 11.8 Å². The van der Waals surface area contributed by atoms with Gasteiger partial charge in [-0.2, -0.15) is 4.98 Å². The molecule has 0 aromatic carbocycles. The van der Waals surface area contributed by atoms with Crippen LogP contribution in [0.4, 0.5) is 0 Å². The van der Waals surface area contributed by atoms with Gasteiger partial charge in [-0.25, -0.2) is 4.99 Å². The topological polar surface area (TPSA) is 87.8 Å². The summed E-state index contributed by atoms with van der Waals surface area (Å²) in [6, 6.07) is 0. The Morgan fingerprint density at radius 2 is 1.81 bits per heavy atom. The number of nitrogens with one attached hydrogen (secondary N) is 2. The van der Waals surface area contributed by atoms with E-state index in [9.17, 15) is 0 Å². The van der Waals surface area contributed by atoms with Crippen LogP contribution in [0.1, 0.15) is 53.3 Å². The lowest BCUT2D eigenvalue weighted by Gasteiger charge is -2.41. The molecule has 0 unspecified atom stereocenters. The summed E-state index contributed by atoms with van der Waals surface area (Å²) < 4.78 is 10.8. The zero-order valence-corrected chi connectivity index (χ0v) is 19.8. The van der Waals surface area contributed by atoms with E-state index in [0.29, 0.717) is 18.3 Å². The summed E-state index contributed by atoms with van der Waals surface area (Å²) in [6.45, 7) is 18.2. The van der Waals surface area contributed by atoms with Gasteiger partial charge in [0, 0.05) is 37.1 Å². The molecule has 0 amide bonds. The van der Waals surface area contributed by atoms with Crippen molar-refractivity contribution in [2.24, 2.45) is 4.99 Å². The molecule has 1 fully saturated rings. The summed E-state index contributed by atoms with van der Waals surface area (Å²) >= 11 is 0. The second-order valence-electron chi connectivity index (χ2n) is 8.23. The number of ether oxygens (including phenoxy) is 1. The predicted molar refractivity (Wildman–Crippen MR) is 118 cm³/mol. The molecule has 156 valence electrons. The highest BCUT2D eigenvalue weighted by atomic mass is 127. The fourth-order valence-corrected chi connectivity index (χ4v) is 2.69. The van der Waals surface area contributed by atoms with Gasteiger partial charge in [0.05, 0.1) is 13.2 Å². The highest BCUT2D eigenvalue weighted by Gasteiger charge is 2.28. The minimum Gasteiger partial charge on any atom is -0.379 e. The normalized spacial score (nSPS) is 16.7. The van der Waals surface area contributed by atoms with Gasteiger partial charge in [0.1, 0.15) is 6.54 Å². The summed E-state index contributed by atoms with van der Waals surface area (Å²) in [5.41, 5.74) is -0.134. The van der Waals surface area contributed by atoms with Crippen LogP contribution in [0.25, 0.3) is 0 Å². The van der Waals surface area contributed by atoms with Gasteiger partial charge in [-0.05, 0) is 20.8 Å². The maximum absolute atomic E-state index is 5.45. The lowest BCUT2D eigenvalue weighted by Crippen LogP contribution is -2.56. The Morgan fingerprint density at radius 1 is 1.15 bits per heavy atom. The SMILES string of the molecule is CCNC(=NCc1noc(C(C)(C)C)n1)NCC(C)(C)N1CCOCC1.I. The van der Waals surface area contributed by atoms with Crippen molar-refractivity contribution in [2.45, 2.75) is 59.0 Å². The van der Waals surface area contributed by atoms with E-state index in [4.69, 9.17) is 9.26 Å². The third kappa shape index (κ3) is 7.53. The van der Waals surface area contributed by atoms with Crippen molar-refractivity contribution in [3.8, 4) is 0 Å². The predicted octanol–water partition coefficient (Wildman–Crippen LogP) is 2.15. The molecule has 0 spiro atoms. The van der Waals surface area contributed by atoms with Gasteiger partial charge < -0.3 is 19.9 Å². The van der Waals surface area contributed by atoms with Gasteiger partial charge in [-0.15, -0.1) is 24.0 Å². The summed E-state index contributed by atoms with van der Waals surface area (Å²) in [5.74, 6) is 1.99. The lowest BCUT2D eigenvalue weighted by atomic mass is 9.97. The summed E-state index contributed by atoms with van der Waals surface area (Å²) in [5, 5.41) is 10.7. The number of hydrogen-bond acceptors (Lipinski definition) is 6. The van der Waals surface area contributed by atoms with Crippen LogP contribution < -0.4 is 10.6 Å². The first-order valence-corrected chi connectivity index (χ1v) is 9.40. The molecule has 0 radical (unpaired) electrons. The Balaban J connectivity index is 0.00000364. The summed E-state index contributed by atoms with van der Waals surface area (Å²) in [4.78, 5) is 11.5. The average molecular weight is 494 g/mol. The Hall–Kier alpha value is -0.940. The van der Waals surface area contributed by atoms with Gasteiger partial charge in [0.25, 0.3) is 0 Å². The Labute approximate surface area is 179 Å². The largest absolute Gasteiger partial charge is 0.379 e. The molecule has 9 heteroatoms. The Kier molecular flexibility index (Phi) is 9.43. The number of hydrogen-bond donors (Lipinski definition) is 2. The van der Waals surface area contributed by atoms with Crippen molar-refractivity contribution < 1.29 is 9.26 Å². The molecular weight excluding hydrogens is 459 g/mol. The van der Waals surface area contributed by atoms with Crippen molar-refractivity contribution >= 4 is 29.9 Å². The average Bonchev–Trinajstić information content (AvgIpc) is 3.07. The first kappa shape index (κ1) is 24.1. The number of rotatable bonds is 6. The number of morpholine rings is 1. The van der Waals surface area contributed by atoms with Crippen LogP contribution in [0.15, 0.2) is 9.52 Å². The van der Waals surface area contributed by atoms with Gasteiger partial charge in [-0.1, -0.05) is 25.9 Å². The molecule has 2 rings (SSSR count). The number of halogens is 1. The van der Waals surface area contributed by atoms with Gasteiger partial charge in [-0.3, -0.25) is 4.90 Å². The van der Waals surface area contributed by atoms with E-state index in [0.717, 1.165) is 45.4 Å². The molecule has 0 atom stereocenters. The third-order valence-corrected chi connectivity index (χ3v) is 4.39. The minimum absolute atomic E-state index is 0. The molecule has 1 aromatic heterocycles. The van der Waals surface area contributed by atoms with Gasteiger partial charge >= 0.3 is 0 Å². The van der Waals surface area contributed by atoms with E-state index in [-0.39, 0.29) is 34.9 Å². The van der Waals surface area contributed by atoms with E-state index in [1.165, 1.54) is 0 Å². The summed E-state index contributed by atoms with van der Waals surface area (Å²) in [6.07, 6.45) is 0. The minimum atomic E-state index is -0.153. The number of aliphatic imine (C=N–C) groups is 1. The van der Waals surface area contributed by atoms with Crippen molar-refractivity contribution in [3.05, 3.63) is 11.7 Å². The van der Waals surface area contributed by atoms with Crippen LogP contribution in [-0.2, 0) is 16.7 Å². The van der Waals surface area contributed by atoms with Crippen LogP contribution in [0, 0.1) is 0 Å². The third-order valence-electron chi connectivity index (χ3n) is 4.39. The maximum Gasteiger partial charge on any atom is 0.232 e. The second kappa shape index (κ2) is 10.6. The molecule has 1 aliphatic heterocycles. The molecule has 0 bridgehead atoms. The number of aromatic nitrogens is 2. The van der Waals surface area contributed by atoms with E-state index in [1.807, 2.05) is 20.8 Å². The highest BCUT2D eigenvalue weighted by Crippen LogP contribution is 2.19. The Bertz CT molecular complexity index is 591. The standard InChI is InChI=1S/C18H34N6O2.HI/c1-7-19-16(20-12-14-22-15(26-23-14)17(2,3)4)21-13-18(5,6)24-8-10-25-11-9-24;/h7-13H2,1-6H3,(H2,19,20,21);1H. The Morgan fingerprint density at radius 3 is 2.37 bits per heavy atom. The fourth-order valence-electron chi connectivity index (χ4n) is 2.69. The smallest absolute Gasteiger partial charge is 0.232 e. The number of nitrogens with zero attached hydrogens (tertiary/aromatic N) is 4. The monoisotopic (exact) mass is 494 g/mol. The molecule has 27 heavy (non-hydrogen) atoms. The molecular formula is C18H35IN6O2. The van der Waals surface area contributed by atoms with Crippen LogP contribution >= 0.6 is 24.0 Å². The lowest BCUT2D eigenvalue weighted by molar-refractivity contribution is -0.00834. The van der Waals surface area contributed by atoms with E-state index in [1.54, 1.807) is 0 Å². The van der Waals surface area contributed by atoms with Crippen molar-refractivity contribution in [3.63, 3.8) is 0 Å². The molecule has 0 saturated carbocycles. The van der Waals surface area contributed by atoms with E-state index in [2.05, 4.69) is 51.4 Å². The molecule has 1 saturated heterocycles. The maximum atomic E-state index is 5.45. The van der Waals surface area contributed by atoms with Crippen LogP contribution in [0.5, 0.6) is 0 Å².